The van der Waals surface area contributed by atoms with Gasteiger partial charge >= 0.3 is 6.16 Å². The molecule has 0 aromatic heterocycles. The van der Waals surface area contributed by atoms with Crippen molar-refractivity contribution in [3.05, 3.63) is 28.8 Å². The van der Waals surface area contributed by atoms with Gasteiger partial charge in [0.05, 0.1) is 0 Å². The van der Waals surface area contributed by atoms with Gasteiger partial charge < -0.3 is 9.84 Å². The minimum atomic E-state index is -1.24. The molecular weight excluding hydrogens is 204 g/mol. The number of rotatable bonds is 4. The maximum atomic E-state index is 10.6. The van der Waals surface area contributed by atoms with Gasteiger partial charge in [-0.3, -0.25) is 0 Å². The molecule has 0 saturated carbocycles. The molecule has 0 radical (unpaired) electrons. The van der Waals surface area contributed by atoms with Gasteiger partial charge in [0.25, 0.3) is 0 Å². The highest BCUT2D eigenvalue weighted by Crippen LogP contribution is 2.27. The normalized spacial score (nSPS) is 10.2. The third-order valence-electron chi connectivity index (χ3n) is 2.75. The van der Waals surface area contributed by atoms with Crippen LogP contribution in [0.15, 0.2) is 12.1 Å². The van der Waals surface area contributed by atoms with Crippen LogP contribution in [0.1, 0.15) is 36.5 Å². The smallest absolute Gasteiger partial charge is 0.449 e. The maximum absolute atomic E-state index is 10.6. The first kappa shape index (κ1) is 12.6. The Morgan fingerprint density at radius 3 is 2.62 bits per heavy atom. The van der Waals surface area contributed by atoms with E-state index < -0.39 is 6.16 Å². The molecule has 1 N–H and O–H groups in total. The molecule has 3 nitrogen and oxygen atoms in total. The summed E-state index contributed by atoms with van der Waals surface area (Å²) in [7, 11) is 0. The van der Waals surface area contributed by atoms with Crippen molar-refractivity contribution in [2.45, 2.75) is 40.0 Å². The lowest BCUT2D eigenvalue weighted by molar-refractivity contribution is 0.143. The summed E-state index contributed by atoms with van der Waals surface area (Å²) in [6, 6.07) is 3.96. The molecule has 1 aromatic carbocycles. The molecule has 0 aliphatic rings. The van der Waals surface area contributed by atoms with Crippen LogP contribution in [0.3, 0.4) is 0 Å². The van der Waals surface area contributed by atoms with E-state index in [1.165, 1.54) is 0 Å². The zero-order valence-electron chi connectivity index (χ0n) is 10.0. The van der Waals surface area contributed by atoms with Crippen LogP contribution in [-0.4, -0.2) is 11.3 Å². The molecule has 88 valence electrons. The zero-order valence-corrected chi connectivity index (χ0v) is 10.0. The van der Waals surface area contributed by atoms with Crippen molar-refractivity contribution in [3.63, 3.8) is 0 Å². The Bertz CT molecular complexity index is 383. The van der Waals surface area contributed by atoms with E-state index in [0.717, 1.165) is 36.0 Å². The van der Waals surface area contributed by atoms with Crippen molar-refractivity contribution in [2.24, 2.45) is 0 Å². The maximum Gasteiger partial charge on any atom is 0.511 e. The number of ether oxygens (including phenoxy) is 1. The van der Waals surface area contributed by atoms with E-state index in [-0.39, 0.29) is 0 Å². The largest absolute Gasteiger partial charge is 0.511 e. The number of hydrogen-bond donors (Lipinski definition) is 1. The van der Waals surface area contributed by atoms with Crippen molar-refractivity contribution in [1.29, 1.82) is 0 Å². The minimum absolute atomic E-state index is 0.515. The Morgan fingerprint density at radius 2 is 2.06 bits per heavy atom. The molecule has 0 aliphatic carbocycles. The SMILES string of the molecule is CCCCc1ccc(C)c(C)c1OC(=O)O. The van der Waals surface area contributed by atoms with Gasteiger partial charge in [-0.1, -0.05) is 25.5 Å². The number of carbonyl (C=O) groups is 1. The third-order valence-corrected chi connectivity index (χ3v) is 2.75. The van der Waals surface area contributed by atoms with E-state index in [9.17, 15) is 4.79 Å². The lowest BCUT2D eigenvalue weighted by Crippen LogP contribution is -2.07. The van der Waals surface area contributed by atoms with Gasteiger partial charge in [0.1, 0.15) is 5.75 Å². The first-order valence-electron chi connectivity index (χ1n) is 5.56. The second-order valence-electron chi connectivity index (χ2n) is 3.97. The van der Waals surface area contributed by atoms with Gasteiger partial charge in [0.2, 0.25) is 0 Å². The van der Waals surface area contributed by atoms with Crippen LogP contribution in [0.4, 0.5) is 4.79 Å². The highest BCUT2D eigenvalue weighted by Gasteiger charge is 2.12. The van der Waals surface area contributed by atoms with Crippen molar-refractivity contribution >= 4 is 6.16 Å². The molecule has 0 spiro atoms. The summed E-state index contributed by atoms with van der Waals surface area (Å²) >= 11 is 0. The summed E-state index contributed by atoms with van der Waals surface area (Å²) in [5.41, 5.74) is 2.94. The monoisotopic (exact) mass is 222 g/mol. The van der Waals surface area contributed by atoms with Gasteiger partial charge in [0.15, 0.2) is 0 Å². The molecule has 0 fully saturated rings. The average molecular weight is 222 g/mol. The topological polar surface area (TPSA) is 46.5 Å². The van der Waals surface area contributed by atoms with Crippen LogP contribution in [-0.2, 0) is 6.42 Å². The van der Waals surface area contributed by atoms with E-state index in [4.69, 9.17) is 9.84 Å². The van der Waals surface area contributed by atoms with E-state index >= 15 is 0 Å². The molecule has 0 atom stereocenters. The van der Waals surface area contributed by atoms with E-state index in [1.807, 2.05) is 26.0 Å². The standard InChI is InChI=1S/C13H18O3/c1-4-5-6-11-8-7-9(2)10(3)12(11)16-13(14)15/h7-8H,4-6H2,1-3H3,(H,14,15). The van der Waals surface area contributed by atoms with Crippen LogP contribution < -0.4 is 4.74 Å². The van der Waals surface area contributed by atoms with E-state index in [2.05, 4.69) is 6.92 Å². The molecule has 3 heteroatoms. The van der Waals surface area contributed by atoms with Crippen molar-refractivity contribution in [2.75, 3.05) is 0 Å². The fourth-order valence-electron chi connectivity index (χ4n) is 1.64. The van der Waals surface area contributed by atoms with E-state index in [1.54, 1.807) is 0 Å². The fourth-order valence-corrected chi connectivity index (χ4v) is 1.64. The van der Waals surface area contributed by atoms with Gasteiger partial charge in [-0.25, -0.2) is 4.79 Å². The Morgan fingerprint density at radius 1 is 1.38 bits per heavy atom. The molecule has 1 rings (SSSR count). The van der Waals surface area contributed by atoms with Crippen molar-refractivity contribution in [1.82, 2.24) is 0 Å². The average Bonchev–Trinajstić information content (AvgIpc) is 2.23. The number of aryl methyl sites for hydroxylation is 2. The van der Waals surface area contributed by atoms with Crippen LogP contribution >= 0.6 is 0 Å². The molecule has 0 heterocycles. The molecule has 0 bridgehead atoms. The molecule has 0 unspecified atom stereocenters. The van der Waals surface area contributed by atoms with E-state index in [0.29, 0.717) is 5.75 Å². The van der Waals surface area contributed by atoms with Crippen molar-refractivity contribution < 1.29 is 14.6 Å². The van der Waals surface area contributed by atoms with Gasteiger partial charge in [-0.2, -0.15) is 0 Å². The fraction of sp³-hybridized carbons (Fsp3) is 0.462. The molecule has 1 aromatic rings. The second kappa shape index (κ2) is 5.54. The summed E-state index contributed by atoms with van der Waals surface area (Å²) in [6.45, 7) is 5.95. The van der Waals surface area contributed by atoms with Crippen LogP contribution in [0.5, 0.6) is 5.75 Å². The quantitative estimate of drug-likeness (QED) is 0.624. The Balaban J connectivity index is 3.05. The number of benzene rings is 1. The number of carboxylic acid groups (broad SMARTS) is 1. The van der Waals surface area contributed by atoms with Crippen LogP contribution in [0.25, 0.3) is 0 Å². The van der Waals surface area contributed by atoms with Crippen LogP contribution in [0.2, 0.25) is 0 Å². The zero-order chi connectivity index (χ0) is 12.1. The number of hydrogen-bond acceptors (Lipinski definition) is 2. The summed E-state index contributed by atoms with van der Waals surface area (Å²) in [4.78, 5) is 10.6. The first-order chi connectivity index (χ1) is 7.56. The highest BCUT2D eigenvalue weighted by atomic mass is 16.7. The predicted octanol–water partition coefficient (Wildman–Crippen LogP) is 3.70. The summed E-state index contributed by atoms with van der Waals surface area (Å²) < 4.78 is 4.87. The molecule has 16 heavy (non-hydrogen) atoms. The molecule has 0 aliphatic heterocycles. The van der Waals surface area contributed by atoms with Crippen molar-refractivity contribution in [3.8, 4) is 5.75 Å². The summed E-state index contributed by atoms with van der Waals surface area (Å²) in [5, 5.41) is 8.71. The van der Waals surface area contributed by atoms with Gasteiger partial charge in [-0.15, -0.1) is 0 Å². The van der Waals surface area contributed by atoms with Gasteiger partial charge in [-0.05, 0) is 43.4 Å². The summed E-state index contributed by atoms with van der Waals surface area (Å²) in [5.74, 6) is 0.515. The lowest BCUT2D eigenvalue weighted by Gasteiger charge is -2.12. The predicted molar refractivity (Wildman–Crippen MR) is 63.2 cm³/mol. The summed E-state index contributed by atoms with van der Waals surface area (Å²) in [6.07, 6.45) is 1.74. The second-order valence-corrected chi connectivity index (χ2v) is 3.97. The van der Waals surface area contributed by atoms with Crippen LogP contribution in [0, 0.1) is 13.8 Å². The molecule has 0 saturated heterocycles. The number of unbranched alkanes of at least 4 members (excludes halogenated alkanes) is 1. The highest BCUT2D eigenvalue weighted by molar-refractivity contribution is 5.63. The van der Waals surface area contributed by atoms with Gasteiger partial charge in [0, 0.05) is 0 Å². The minimum Gasteiger partial charge on any atom is -0.449 e. The molecular formula is C13H18O3. The Labute approximate surface area is 96.1 Å². The first-order valence-corrected chi connectivity index (χ1v) is 5.56. The lowest BCUT2D eigenvalue weighted by atomic mass is 10.0. The molecule has 0 amide bonds. The Kier molecular flexibility index (Phi) is 4.35. The Hall–Kier alpha value is -1.51. The third kappa shape index (κ3) is 2.99.